The fourth-order valence-corrected chi connectivity index (χ4v) is 7.11. The Morgan fingerprint density at radius 2 is 1.00 bits per heavy atom. The first kappa shape index (κ1) is 17.7. The van der Waals surface area contributed by atoms with E-state index in [4.69, 9.17) is 46.4 Å². The SMILES string of the molecule is C[Si](C)(C1=Cc2cc(Cl)c(Cl)cc2C1)C1=Cc2cc(Cl)c(Cl)cc2C1. The summed E-state index contributed by atoms with van der Waals surface area (Å²) in [5, 5.41) is 5.52. The van der Waals surface area contributed by atoms with Gasteiger partial charge >= 0.3 is 0 Å². The number of benzene rings is 2. The van der Waals surface area contributed by atoms with E-state index in [2.05, 4.69) is 25.2 Å². The van der Waals surface area contributed by atoms with Crippen molar-refractivity contribution in [3.8, 4) is 0 Å². The molecule has 5 heteroatoms. The number of allylic oxidation sites excluding steroid dienone is 2. The molecule has 0 unspecified atom stereocenters. The van der Waals surface area contributed by atoms with Crippen LogP contribution in [0.25, 0.3) is 12.2 Å². The monoisotopic (exact) mass is 424 g/mol. The molecule has 2 aliphatic rings. The van der Waals surface area contributed by atoms with Crippen molar-refractivity contribution in [2.75, 3.05) is 0 Å². The summed E-state index contributed by atoms with van der Waals surface area (Å²) in [5.74, 6) is 0. The van der Waals surface area contributed by atoms with Crippen LogP contribution in [0, 0.1) is 0 Å². The van der Waals surface area contributed by atoms with Gasteiger partial charge in [-0.3, -0.25) is 0 Å². The van der Waals surface area contributed by atoms with Gasteiger partial charge in [-0.2, -0.15) is 0 Å². The Bertz CT molecular complexity index is 893. The fraction of sp³-hybridized carbons (Fsp3) is 0.200. The molecule has 2 aromatic carbocycles. The molecule has 0 aromatic heterocycles. The number of rotatable bonds is 2. The first-order valence-corrected chi connectivity index (χ1v) is 12.6. The second kappa shape index (κ2) is 6.18. The zero-order chi connectivity index (χ0) is 17.9. The van der Waals surface area contributed by atoms with Gasteiger partial charge in [0.05, 0.1) is 20.1 Å². The maximum atomic E-state index is 6.19. The topological polar surface area (TPSA) is 0 Å². The molecular weight excluding hydrogens is 410 g/mol. The largest absolute Gasteiger partial charge is 0.103 e. The van der Waals surface area contributed by atoms with E-state index in [1.54, 1.807) is 0 Å². The zero-order valence-electron chi connectivity index (χ0n) is 13.9. The Hall–Kier alpha value is -0.703. The highest BCUT2D eigenvalue weighted by atomic mass is 35.5. The van der Waals surface area contributed by atoms with E-state index >= 15 is 0 Å². The van der Waals surface area contributed by atoms with Crippen LogP contribution < -0.4 is 0 Å². The van der Waals surface area contributed by atoms with E-state index in [0.717, 1.165) is 12.8 Å². The third-order valence-electron chi connectivity index (χ3n) is 5.39. The van der Waals surface area contributed by atoms with E-state index in [1.807, 2.05) is 24.3 Å². The van der Waals surface area contributed by atoms with Gasteiger partial charge < -0.3 is 0 Å². The molecular formula is C20H16Cl4Si. The molecule has 0 spiro atoms. The molecule has 0 aliphatic heterocycles. The van der Waals surface area contributed by atoms with Gasteiger partial charge in [0.15, 0.2) is 0 Å². The summed E-state index contributed by atoms with van der Waals surface area (Å²) in [6.07, 6.45) is 6.54. The lowest BCUT2D eigenvalue weighted by molar-refractivity contribution is 1.22. The Labute approximate surface area is 169 Å². The van der Waals surface area contributed by atoms with Gasteiger partial charge in [-0.05, 0) is 59.4 Å². The van der Waals surface area contributed by atoms with Crippen LogP contribution in [0.5, 0.6) is 0 Å². The van der Waals surface area contributed by atoms with E-state index in [-0.39, 0.29) is 0 Å². The van der Waals surface area contributed by atoms with E-state index in [0.29, 0.717) is 20.1 Å². The lowest BCUT2D eigenvalue weighted by atomic mass is 10.1. The maximum Gasteiger partial charge on any atom is 0.103 e. The molecule has 2 aliphatic carbocycles. The Morgan fingerprint density at radius 1 is 0.640 bits per heavy atom. The number of halogens is 4. The highest BCUT2D eigenvalue weighted by molar-refractivity contribution is 6.92. The molecule has 0 heterocycles. The fourth-order valence-electron chi connectivity index (χ4n) is 3.68. The van der Waals surface area contributed by atoms with Gasteiger partial charge in [0.25, 0.3) is 0 Å². The first-order chi connectivity index (χ1) is 11.8. The van der Waals surface area contributed by atoms with E-state index in [9.17, 15) is 0 Å². The molecule has 128 valence electrons. The number of hydrogen-bond acceptors (Lipinski definition) is 0. The first-order valence-electron chi connectivity index (χ1n) is 8.13. The third kappa shape index (κ3) is 3.01. The summed E-state index contributed by atoms with van der Waals surface area (Å²) in [4.78, 5) is 0. The molecule has 0 amide bonds. The van der Waals surface area contributed by atoms with Gasteiger partial charge in [-0.1, -0.05) is 82.0 Å². The highest BCUT2D eigenvalue weighted by Crippen LogP contribution is 2.42. The quantitative estimate of drug-likeness (QED) is 0.433. The minimum atomic E-state index is -1.75. The molecule has 2 aromatic rings. The van der Waals surface area contributed by atoms with Crippen LogP contribution in [0.1, 0.15) is 22.3 Å². The summed E-state index contributed by atoms with van der Waals surface area (Å²) in [6, 6.07) is 7.97. The standard InChI is InChI=1S/C20H16Cl4Si/c1-25(2,15-3-11-7-17(21)18(22)8-12(11)4-15)16-5-13-9-19(23)20(24)10-14(13)6-16/h3,5,7-10H,4,6H2,1-2H3. The van der Waals surface area contributed by atoms with Gasteiger partial charge in [0.2, 0.25) is 0 Å². The predicted octanol–water partition coefficient (Wildman–Crippen LogP) is 7.67. The van der Waals surface area contributed by atoms with Crippen LogP contribution in [-0.4, -0.2) is 8.07 Å². The van der Waals surface area contributed by atoms with Gasteiger partial charge in [0.1, 0.15) is 8.07 Å². The van der Waals surface area contributed by atoms with E-state index in [1.165, 1.54) is 32.6 Å². The predicted molar refractivity (Wildman–Crippen MR) is 114 cm³/mol. The summed E-state index contributed by atoms with van der Waals surface area (Å²) in [7, 11) is -1.75. The van der Waals surface area contributed by atoms with Crippen molar-refractivity contribution in [2.24, 2.45) is 0 Å². The zero-order valence-corrected chi connectivity index (χ0v) is 17.9. The smallest absolute Gasteiger partial charge is 0.0827 e. The van der Waals surface area contributed by atoms with Crippen LogP contribution in [0.15, 0.2) is 34.7 Å². The van der Waals surface area contributed by atoms with Crippen molar-refractivity contribution in [3.63, 3.8) is 0 Å². The molecule has 0 saturated carbocycles. The van der Waals surface area contributed by atoms with Crippen molar-refractivity contribution in [3.05, 3.63) is 77.0 Å². The Kier molecular flexibility index (Phi) is 4.37. The summed E-state index contributed by atoms with van der Waals surface area (Å²) >= 11 is 24.8. The molecule has 0 N–H and O–H groups in total. The van der Waals surface area contributed by atoms with Crippen LogP contribution in [0.2, 0.25) is 33.2 Å². The lowest BCUT2D eigenvalue weighted by Crippen LogP contribution is -2.32. The van der Waals surface area contributed by atoms with Crippen molar-refractivity contribution < 1.29 is 0 Å². The third-order valence-corrected chi connectivity index (χ3v) is 10.7. The average Bonchev–Trinajstić information content (AvgIpc) is 3.13. The minimum absolute atomic E-state index is 0.620. The molecule has 0 fully saturated rings. The van der Waals surface area contributed by atoms with Crippen molar-refractivity contribution in [1.82, 2.24) is 0 Å². The summed E-state index contributed by atoms with van der Waals surface area (Å²) in [6.45, 7) is 4.82. The Balaban J connectivity index is 1.68. The van der Waals surface area contributed by atoms with Gasteiger partial charge in [-0.15, -0.1) is 0 Å². The maximum absolute atomic E-state index is 6.19. The molecule has 0 atom stereocenters. The normalized spacial score (nSPS) is 15.8. The summed E-state index contributed by atoms with van der Waals surface area (Å²) in [5.41, 5.74) is 4.94. The second-order valence-corrected chi connectivity index (χ2v) is 13.4. The van der Waals surface area contributed by atoms with Gasteiger partial charge in [0, 0.05) is 0 Å². The molecule has 0 nitrogen and oxygen atoms in total. The number of fused-ring (bicyclic) bond motifs is 2. The second-order valence-electron chi connectivity index (χ2n) is 7.25. The average molecular weight is 426 g/mol. The van der Waals surface area contributed by atoms with Gasteiger partial charge in [-0.25, -0.2) is 0 Å². The highest BCUT2D eigenvalue weighted by Gasteiger charge is 2.35. The van der Waals surface area contributed by atoms with Crippen LogP contribution in [0.3, 0.4) is 0 Å². The minimum Gasteiger partial charge on any atom is -0.0827 e. The molecule has 0 bridgehead atoms. The van der Waals surface area contributed by atoms with Crippen molar-refractivity contribution in [2.45, 2.75) is 25.9 Å². The van der Waals surface area contributed by atoms with E-state index < -0.39 is 8.07 Å². The molecule has 0 radical (unpaired) electrons. The van der Waals surface area contributed by atoms with Crippen molar-refractivity contribution in [1.29, 1.82) is 0 Å². The van der Waals surface area contributed by atoms with Crippen LogP contribution in [0.4, 0.5) is 0 Å². The van der Waals surface area contributed by atoms with Crippen LogP contribution in [-0.2, 0) is 12.8 Å². The van der Waals surface area contributed by atoms with Crippen molar-refractivity contribution >= 4 is 66.6 Å². The number of hydrogen-bond donors (Lipinski definition) is 0. The lowest BCUT2D eigenvalue weighted by Gasteiger charge is -2.26. The van der Waals surface area contributed by atoms with Crippen LogP contribution >= 0.6 is 46.4 Å². The Morgan fingerprint density at radius 3 is 1.40 bits per heavy atom. The molecule has 25 heavy (non-hydrogen) atoms. The molecule has 0 saturated heterocycles. The molecule has 4 rings (SSSR count). The summed E-state index contributed by atoms with van der Waals surface area (Å²) < 4.78 is 0.